The number of aryl methyl sites for hydroxylation is 1. The summed E-state index contributed by atoms with van der Waals surface area (Å²) in [4.78, 5) is 31.0. The number of aromatic nitrogens is 2. The number of benzene rings is 1. The van der Waals surface area contributed by atoms with E-state index in [-0.39, 0.29) is 22.9 Å². The van der Waals surface area contributed by atoms with Crippen LogP contribution < -0.4 is 10.5 Å². The summed E-state index contributed by atoms with van der Waals surface area (Å²) in [5.41, 5.74) is 3.54. The number of hydrogen-bond donors (Lipinski definition) is 1. The summed E-state index contributed by atoms with van der Waals surface area (Å²) in [6.07, 6.45) is 8.14. The van der Waals surface area contributed by atoms with Crippen molar-refractivity contribution in [3.05, 3.63) is 47.0 Å². The molecular weight excluding hydrogens is 438 g/mol. The van der Waals surface area contributed by atoms with Crippen LogP contribution in [0.4, 0.5) is 5.69 Å². The molecule has 3 heterocycles. The highest BCUT2D eigenvalue weighted by molar-refractivity contribution is 7.84. The van der Waals surface area contributed by atoms with E-state index in [2.05, 4.69) is 9.88 Å². The Bertz CT molecular complexity index is 1320. The number of H-pyrrole nitrogens is 1. The predicted molar refractivity (Wildman–Crippen MR) is 130 cm³/mol. The first kappa shape index (κ1) is 21.9. The van der Waals surface area contributed by atoms with E-state index in [1.54, 1.807) is 24.1 Å². The molecule has 1 N–H and O–H groups in total. The number of nitrogens with one attached hydrogen (secondary N) is 1. The Morgan fingerprint density at radius 1 is 1.24 bits per heavy atom. The van der Waals surface area contributed by atoms with Gasteiger partial charge in [0.05, 0.1) is 12.5 Å². The molecule has 33 heavy (non-hydrogen) atoms. The molecule has 0 radical (unpaired) electrons. The molecule has 2 aliphatic rings. The minimum Gasteiger partial charge on any atom is -0.466 e. The molecule has 0 amide bonds. The zero-order valence-electron chi connectivity index (χ0n) is 19.2. The Morgan fingerprint density at radius 3 is 2.70 bits per heavy atom. The first-order valence-corrected chi connectivity index (χ1v) is 13.0. The summed E-state index contributed by atoms with van der Waals surface area (Å²) in [6.45, 7) is 3.98. The SMILES string of the molecule is CCOC(=O)C1CC12CCN(c1ccc(S(C)=O)cc1-c1cn(C)c(=O)c3[nH]ccc13)CC2. The summed E-state index contributed by atoms with van der Waals surface area (Å²) >= 11 is 0. The van der Waals surface area contributed by atoms with Gasteiger partial charge in [0.25, 0.3) is 5.56 Å². The molecule has 1 aliphatic carbocycles. The standard InChI is InChI=1S/C25H29N3O4S/c1-4-32-24(30)20-14-25(20)8-11-28(12-9-25)21-6-5-16(33(3)31)13-18(21)19-15-27(2)23(29)22-17(19)7-10-26-22/h5-7,10,13,15,20,26H,4,8-9,11-12,14H2,1-3H3. The van der Waals surface area contributed by atoms with Crippen molar-refractivity contribution in [3.8, 4) is 11.1 Å². The van der Waals surface area contributed by atoms with Crippen LogP contribution in [-0.4, -0.2) is 45.7 Å². The van der Waals surface area contributed by atoms with Gasteiger partial charge < -0.3 is 19.2 Å². The molecule has 1 saturated carbocycles. The van der Waals surface area contributed by atoms with Crippen LogP contribution in [0.25, 0.3) is 22.0 Å². The van der Waals surface area contributed by atoms with Crippen molar-refractivity contribution >= 4 is 33.4 Å². The molecule has 1 aliphatic heterocycles. The molecule has 1 aromatic carbocycles. The number of hydrogen-bond acceptors (Lipinski definition) is 5. The van der Waals surface area contributed by atoms with Crippen LogP contribution in [0.1, 0.15) is 26.2 Å². The molecule has 174 valence electrons. The predicted octanol–water partition coefficient (Wildman–Crippen LogP) is 3.44. The Kier molecular flexibility index (Phi) is 5.43. The quantitative estimate of drug-likeness (QED) is 0.581. The fraction of sp³-hybridized carbons (Fsp3) is 0.440. The Morgan fingerprint density at radius 2 is 2.00 bits per heavy atom. The highest BCUT2D eigenvalue weighted by atomic mass is 32.2. The third kappa shape index (κ3) is 3.70. The Hall–Kier alpha value is -2.87. The zero-order chi connectivity index (χ0) is 23.3. The summed E-state index contributed by atoms with van der Waals surface area (Å²) < 4.78 is 19.1. The minimum atomic E-state index is -1.12. The number of carbonyl (C=O) groups excluding carboxylic acids is 1. The molecule has 1 saturated heterocycles. The van der Waals surface area contributed by atoms with Crippen LogP contribution >= 0.6 is 0 Å². The fourth-order valence-corrected chi connectivity index (χ4v) is 5.88. The first-order valence-electron chi connectivity index (χ1n) is 11.4. The molecular formula is C25H29N3O4S. The number of piperidine rings is 1. The molecule has 2 fully saturated rings. The lowest BCUT2D eigenvalue weighted by Crippen LogP contribution is -2.36. The van der Waals surface area contributed by atoms with Crippen LogP contribution in [0.15, 0.2) is 46.3 Å². The molecule has 2 atom stereocenters. The van der Waals surface area contributed by atoms with Crippen LogP contribution in [0.3, 0.4) is 0 Å². The average molecular weight is 468 g/mol. The fourth-order valence-electron chi connectivity index (χ4n) is 5.34. The highest BCUT2D eigenvalue weighted by Crippen LogP contribution is 2.60. The van der Waals surface area contributed by atoms with E-state index < -0.39 is 10.8 Å². The average Bonchev–Trinajstić information content (AvgIpc) is 3.27. The zero-order valence-corrected chi connectivity index (χ0v) is 20.0. The van der Waals surface area contributed by atoms with Gasteiger partial charge in [0.15, 0.2) is 0 Å². The van der Waals surface area contributed by atoms with Crippen molar-refractivity contribution in [2.75, 3.05) is 30.9 Å². The second kappa shape index (κ2) is 8.17. The van der Waals surface area contributed by atoms with Gasteiger partial charge in [0.2, 0.25) is 0 Å². The molecule has 1 spiro atoms. The third-order valence-corrected chi connectivity index (χ3v) is 8.26. The van der Waals surface area contributed by atoms with Crippen LogP contribution in [0, 0.1) is 11.3 Å². The van der Waals surface area contributed by atoms with Crippen molar-refractivity contribution in [1.29, 1.82) is 0 Å². The second-order valence-corrected chi connectivity index (χ2v) is 10.6. The number of rotatable bonds is 5. The Balaban J connectivity index is 1.51. The Labute approximate surface area is 195 Å². The van der Waals surface area contributed by atoms with Gasteiger partial charge in [-0.05, 0) is 55.9 Å². The normalized spacial score (nSPS) is 20.2. The monoisotopic (exact) mass is 467 g/mol. The maximum absolute atomic E-state index is 12.6. The molecule has 5 rings (SSSR count). The van der Waals surface area contributed by atoms with Gasteiger partial charge in [-0.2, -0.15) is 0 Å². The minimum absolute atomic E-state index is 0.0343. The number of ether oxygens (including phenoxy) is 1. The van der Waals surface area contributed by atoms with E-state index in [0.29, 0.717) is 12.1 Å². The number of anilines is 1. The number of carbonyl (C=O) groups is 1. The van der Waals surface area contributed by atoms with Crippen LogP contribution in [0.5, 0.6) is 0 Å². The number of aromatic amines is 1. The molecule has 7 nitrogen and oxygen atoms in total. The van der Waals surface area contributed by atoms with E-state index in [0.717, 1.165) is 59.4 Å². The van der Waals surface area contributed by atoms with Gasteiger partial charge in [-0.15, -0.1) is 0 Å². The largest absolute Gasteiger partial charge is 0.466 e. The lowest BCUT2D eigenvalue weighted by Gasteiger charge is -2.35. The van der Waals surface area contributed by atoms with Gasteiger partial charge in [-0.1, -0.05) is 0 Å². The van der Waals surface area contributed by atoms with Crippen molar-refractivity contribution in [3.63, 3.8) is 0 Å². The van der Waals surface area contributed by atoms with E-state index in [4.69, 9.17) is 4.74 Å². The van der Waals surface area contributed by atoms with E-state index >= 15 is 0 Å². The molecule has 0 bridgehead atoms. The molecule has 3 aromatic rings. The van der Waals surface area contributed by atoms with Crippen molar-refractivity contribution in [2.45, 2.75) is 31.1 Å². The van der Waals surface area contributed by atoms with Gasteiger partial charge in [-0.3, -0.25) is 13.8 Å². The smallest absolute Gasteiger partial charge is 0.309 e. The van der Waals surface area contributed by atoms with Crippen molar-refractivity contribution in [1.82, 2.24) is 9.55 Å². The van der Waals surface area contributed by atoms with E-state index in [1.165, 1.54) is 0 Å². The molecule has 2 unspecified atom stereocenters. The first-order chi connectivity index (χ1) is 15.8. The van der Waals surface area contributed by atoms with E-state index in [9.17, 15) is 13.8 Å². The highest BCUT2D eigenvalue weighted by Gasteiger charge is 2.59. The number of fused-ring (bicyclic) bond motifs is 1. The second-order valence-electron chi connectivity index (χ2n) is 9.22. The lowest BCUT2D eigenvalue weighted by atomic mass is 9.89. The van der Waals surface area contributed by atoms with Crippen LogP contribution in [0.2, 0.25) is 0 Å². The molecule has 8 heteroatoms. The maximum atomic E-state index is 12.6. The van der Waals surface area contributed by atoms with Gasteiger partial charge in [0, 0.05) is 76.7 Å². The third-order valence-electron chi connectivity index (χ3n) is 7.35. The molecule has 2 aromatic heterocycles. The van der Waals surface area contributed by atoms with E-state index in [1.807, 2.05) is 37.4 Å². The summed E-state index contributed by atoms with van der Waals surface area (Å²) in [7, 11) is 0.630. The number of esters is 1. The van der Waals surface area contributed by atoms with Gasteiger partial charge in [0.1, 0.15) is 5.52 Å². The number of pyridine rings is 1. The van der Waals surface area contributed by atoms with Gasteiger partial charge in [-0.25, -0.2) is 0 Å². The summed E-state index contributed by atoms with van der Waals surface area (Å²) in [5, 5.41) is 0.858. The summed E-state index contributed by atoms with van der Waals surface area (Å²) in [6, 6.07) is 7.88. The lowest BCUT2D eigenvalue weighted by molar-refractivity contribution is -0.145. The van der Waals surface area contributed by atoms with Gasteiger partial charge >= 0.3 is 5.97 Å². The topological polar surface area (TPSA) is 84.4 Å². The summed E-state index contributed by atoms with van der Waals surface area (Å²) in [5.74, 6) is -0.0199. The van der Waals surface area contributed by atoms with Crippen molar-refractivity contribution in [2.24, 2.45) is 18.4 Å². The van der Waals surface area contributed by atoms with Crippen LogP contribution in [-0.2, 0) is 27.4 Å². The maximum Gasteiger partial charge on any atom is 0.309 e. The van der Waals surface area contributed by atoms with Crippen molar-refractivity contribution < 1.29 is 13.7 Å². The number of nitrogens with zero attached hydrogens (tertiary/aromatic N) is 2.